The SMILES string of the molecule is O=[N+]([O-])c1ccc(CO[P+](=O)O)nc1. The zero-order chi connectivity index (χ0) is 10.6. The number of pyridine rings is 1. The van der Waals surface area contributed by atoms with Crippen molar-refractivity contribution in [3.05, 3.63) is 34.1 Å². The molecule has 1 aromatic heterocycles. The average molecular weight is 217 g/mol. The highest BCUT2D eigenvalue weighted by Gasteiger charge is 2.13. The van der Waals surface area contributed by atoms with Gasteiger partial charge in [-0.2, -0.15) is 0 Å². The van der Waals surface area contributed by atoms with Crippen LogP contribution >= 0.6 is 8.25 Å². The van der Waals surface area contributed by atoms with Crippen LogP contribution in [-0.2, 0) is 15.7 Å². The molecule has 1 atom stereocenters. The summed E-state index contributed by atoms with van der Waals surface area (Å²) >= 11 is 0. The smallest absolute Gasteiger partial charge is 0.258 e. The van der Waals surface area contributed by atoms with E-state index in [0.717, 1.165) is 6.20 Å². The van der Waals surface area contributed by atoms with Crippen LogP contribution in [0.15, 0.2) is 18.3 Å². The third kappa shape index (κ3) is 3.14. The van der Waals surface area contributed by atoms with Gasteiger partial charge in [-0.25, -0.2) is 0 Å². The number of hydrogen-bond donors (Lipinski definition) is 1. The van der Waals surface area contributed by atoms with Crippen LogP contribution in [0.2, 0.25) is 0 Å². The van der Waals surface area contributed by atoms with Crippen molar-refractivity contribution in [3.63, 3.8) is 0 Å². The molecule has 1 rings (SSSR count). The predicted molar refractivity (Wildman–Crippen MR) is 45.5 cm³/mol. The van der Waals surface area contributed by atoms with E-state index in [1.54, 1.807) is 0 Å². The Balaban J connectivity index is 2.64. The number of rotatable bonds is 4. The zero-order valence-electron chi connectivity index (χ0n) is 6.86. The van der Waals surface area contributed by atoms with Crippen LogP contribution in [0.3, 0.4) is 0 Å². The molecule has 7 nitrogen and oxygen atoms in total. The summed E-state index contributed by atoms with van der Waals surface area (Å²) in [4.78, 5) is 21.6. The van der Waals surface area contributed by atoms with Gasteiger partial charge in [-0.3, -0.25) is 15.1 Å². The van der Waals surface area contributed by atoms with Gasteiger partial charge >= 0.3 is 8.25 Å². The summed E-state index contributed by atoms with van der Waals surface area (Å²) in [6.07, 6.45) is 1.06. The quantitative estimate of drug-likeness (QED) is 0.461. The molecular formula is C6H6N2O5P+. The molecule has 0 aromatic carbocycles. The highest BCUT2D eigenvalue weighted by Crippen LogP contribution is 2.17. The fraction of sp³-hybridized carbons (Fsp3) is 0.167. The molecule has 0 spiro atoms. The highest BCUT2D eigenvalue weighted by molar-refractivity contribution is 7.32. The molecule has 1 aromatic rings. The first-order valence-electron chi connectivity index (χ1n) is 3.48. The van der Waals surface area contributed by atoms with Gasteiger partial charge in [0.1, 0.15) is 12.8 Å². The Morgan fingerprint density at radius 2 is 2.36 bits per heavy atom. The van der Waals surface area contributed by atoms with E-state index < -0.39 is 13.2 Å². The van der Waals surface area contributed by atoms with Crippen molar-refractivity contribution in [2.24, 2.45) is 0 Å². The molecule has 0 amide bonds. The molecule has 0 saturated carbocycles. The Labute approximate surface area is 79.5 Å². The van der Waals surface area contributed by atoms with Crippen molar-refractivity contribution in [1.82, 2.24) is 4.98 Å². The molecule has 0 radical (unpaired) electrons. The Kier molecular flexibility index (Phi) is 3.58. The van der Waals surface area contributed by atoms with E-state index in [1.165, 1.54) is 12.1 Å². The van der Waals surface area contributed by atoms with Gasteiger partial charge in [0, 0.05) is 10.6 Å². The normalized spacial score (nSPS) is 11.1. The van der Waals surface area contributed by atoms with E-state index >= 15 is 0 Å². The van der Waals surface area contributed by atoms with Crippen LogP contribution in [0.25, 0.3) is 0 Å². The minimum Gasteiger partial charge on any atom is -0.258 e. The van der Waals surface area contributed by atoms with Gasteiger partial charge in [-0.15, -0.1) is 9.42 Å². The summed E-state index contributed by atoms with van der Waals surface area (Å²) in [5, 5.41) is 10.2. The van der Waals surface area contributed by atoms with Gasteiger partial charge < -0.3 is 0 Å². The summed E-state index contributed by atoms with van der Waals surface area (Å²) in [6, 6.07) is 2.60. The van der Waals surface area contributed by atoms with Crippen LogP contribution in [-0.4, -0.2) is 14.8 Å². The van der Waals surface area contributed by atoms with Gasteiger partial charge in [0.05, 0.1) is 10.6 Å². The lowest BCUT2D eigenvalue weighted by Crippen LogP contribution is -1.93. The molecule has 0 aliphatic carbocycles. The van der Waals surface area contributed by atoms with Crippen LogP contribution in [0.1, 0.15) is 5.69 Å². The lowest BCUT2D eigenvalue weighted by molar-refractivity contribution is -0.385. The summed E-state index contributed by atoms with van der Waals surface area (Å²) in [5.41, 5.74) is 0.218. The predicted octanol–water partition coefficient (Wildman–Crippen LogP) is 1.16. The number of nitrogens with zero attached hydrogens (tertiary/aromatic N) is 2. The Bertz CT molecular complexity index is 352. The molecule has 0 aliphatic rings. The molecule has 0 saturated heterocycles. The minimum absolute atomic E-state index is 0.137. The number of nitro groups is 1. The Hall–Kier alpha value is -1.43. The molecule has 1 heterocycles. The number of hydrogen-bond acceptors (Lipinski definition) is 5. The molecule has 0 aliphatic heterocycles. The monoisotopic (exact) mass is 217 g/mol. The first-order chi connectivity index (χ1) is 6.59. The summed E-state index contributed by atoms with van der Waals surface area (Å²) < 4.78 is 14.5. The summed E-state index contributed by atoms with van der Waals surface area (Å²) in [6.45, 7) is -0.149. The maximum Gasteiger partial charge on any atom is 0.695 e. The molecular weight excluding hydrogens is 211 g/mol. The maximum absolute atomic E-state index is 10.2. The molecule has 8 heteroatoms. The molecule has 0 fully saturated rings. The van der Waals surface area contributed by atoms with Gasteiger partial charge in [0.25, 0.3) is 5.69 Å². The topological polar surface area (TPSA) is 103 Å². The molecule has 74 valence electrons. The van der Waals surface area contributed by atoms with Crippen LogP contribution in [0.4, 0.5) is 5.69 Å². The van der Waals surface area contributed by atoms with E-state index in [-0.39, 0.29) is 12.3 Å². The summed E-state index contributed by atoms with van der Waals surface area (Å²) in [5.74, 6) is 0. The minimum atomic E-state index is -2.67. The Morgan fingerprint density at radius 1 is 1.64 bits per heavy atom. The number of aromatic nitrogens is 1. The molecule has 14 heavy (non-hydrogen) atoms. The van der Waals surface area contributed by atoms with Crippen molar-refractivity contribution in [2.75, 3.05) is 0 Å². The van der Waals surface area contributed by atoms with Crippen molar-refractivity contribution in [3.8, 4) is 0 Å². The molecule has 1 unspecified atom stereocenters. The van der Waals surface area contributed by atoms with Crippen molar-refractivity contribution >= 4 is 13.9 Å². The van der Waals surface area contributed by atoms with Crippen molar-refractivity contribution < 1.29 is 18.9 Å². The average Bonchev–Trinajstić information content (AvgIpc) is 2.15. The molecule has 1 N–H and O–H groups in total. The third-order valence-electron chi connectivity index (χ3n) is 1.34. The van der Waals surface area contributed by atoms with Crippen LogP contribution < -0.4 is 0 Å². The van der Waals surface area contributed by atoms with Crippen LogP contribution in [0.5, 0.6) is 0 Å². The van der Waals surface area contributed by atoms with E-state index in [2.05, 4.69) is 9.51 Å². The van der Waals surface area contributed by atoms with E-state index in [9.17, 15) is 14.7 Å². The second-order valence-corrected chi connectivity index (χ2v) is 3.01. The second kappa shape index (κ2) is 4.71. The van der Waals surface area contributed by atoms with E-state index in [1.807, 2.05) is 0 Å². The first-order valence-corrected chi connectivity index (χ1v) is 4.61. The van der Waals surface area contributed by atoms with Crippen molar-refractivity contribution in [2.45, 2.75) is 6.61 Å². The van der Waals surface area contributed by atoms with E-state index in [4.69, 9.17) is 4.89 Å². The maximum atomic E-state index is 10.2. The fourth-order valence-corrected chi connectivity index (χ4v) is 0.974. The second-order valence-electron chi connectivity index (χ2n) is 2.28. The fourth-order valence-electron chi connectivity index (χ4n) is 0.731. The largest absolute Gasteiger partial charge is 0.695 e. The highest BCUT2D eigenvalue weighted by atomic mass is 31.1. The lowest BCUT2D eigenvalue weighted by Gasteiger charge is -1.93. The van der Waals surface area contributed by atoms with E-state index in [0.29, 0.717) is 5.69 Å². The van der Waals surface area contributed by atoms with Crippen LogP contribution in [0, 0.1) is 10.1 Å². The Morgan fingerprint density at radius 3 is 2.79 bits per heavy atom. The van der Waals surface area contributed by atoms with Gasteiger partial charge in [0.2, 0.25) is 0 Å². The van der Waals surface area contributed by atoms with Gasteiger partial charge in [-0.05, 0) is 6.07 Å². The third-order valence-corrected chi connectivity index (χ3v) is 1.69. The summed E-state index contributed by atoms with van der Waals surface area (Å²) in [7, 11) is -2.67. The standard InChI is InChI=1S/C6H5N2O5P/c9-8(10)6-2-1-5(7-3-6)4-13-14(11)12/h1-3H,4H2/p+1. The zero-order valence-corrected chi connectivity index (χ0v) is 7.76. The lowest BCUT2D eigenvalue weighted by atomic mass is 10.3. The molecule has 0 bridgehead atoms. The van der Waals surface area contributed by atoms with Gasteiger partial charge in [0.15, 0.2) is 0 Å². The first kappa shape index (κ1) is 10.6. The van der Waals surface area contributed by atoms with Crippen molar-refractivity contribution in [1.29, 1.82) is 0 Å². The van der Waals surface area contributed by atoms with Gasteiger partial charge in [-0.1, -0.05) is 0 Å².